The van der Waals surface area contributed by atoms with E-state index in [9.17, 15) is 20.1 Å². The lowest BCUT2D eigenvalue weighted by Crippen LogP contribution is -2.60. The normalized spacial score (nSPS) is 47.3. The van der Waals surface area contributed by atoms with Gasteiger partial charge in [0, 0.05) is 24.4 Å². The predicted molar refractivity (Wildman–Crippen MR) is 115 cm³/mol. The SMILES string of the molecule is COCCON=C(C)[C@H]1CC[C@@]2(O)C3=CC(=O)[C@@H]4C[C@@H](O)[C@@H](O)C[C@]4(C)C3CC[C@]12C. The number of methoxy groups -OCH3 is 1. The van der Waals surface area contributed by atoms with Crippen molar-refractivity contribution in [1.29, 1.82) is 0 Å². The van der Waals surface area contributed by atoms with Crippen LogP contribution in [0.1, 0.15) is 59.3 Å². The molecule has 0 bridgehead atoms. The maximum Gasteiger partial charge on any atom is 0.159 e. The molecule has 0 aromatic carbocycles. The van der Waals surface area contributed by atoms with Crippen LogP contribution >= 0.6 is 0 Å². The van der Waals surface area contributed by atoms with Crippen LogP contribution in [0.25, 0.3) is 0 Å². The Morgan fingerprint density at radius 2 is 1.90 bits per heavy atom. The Labute approximate surface area is 184 Å². The number of hydrogen-bond donors (Lipinski definition) is 3. The van der Waals surface area contributed by atoms with Crippen molar-refractivity contribution in [2.75, 3.05) is 20.3 Å². The smallest absolute Gasteiger partial charge is 0.159 e. The number of carbonyl (C=O) groups is 1. The molecule has 0 aliphatic heterocycles. The van der Waals surface area contributed by atoms with Crippen molar-refractivity contribution >= 4 is 11.5 Å². The van der Waals surface area contributed by atoms with Gasteiger partial charge in [-0.3, -0.25) is 4.79 Å². The quantitative estimate of drug-likeness (QED) is 0.347. The Hall–Kier alpha value is -1.28. The highest BCUT2D eigenvalue weighted by molar-refractivity contribution is 5.95. The molecule has 0 radical (unpaired) electrons. The number of nitrogens with zero attached hydrogens (tertiary/aromatic N) is 1. The van der Waals surface area contributed by atoms with Crippen molar-refractivity contribution in [1.82, 2.24) is 0 Å². The van der Waals surface area contributed by atoms with E-state index >= 15 is 0 Å². The van der Waals surface area contributed by atoms with Crippen LogP contribution in [0.2, 0.25) is 0 Å². The van der Waals surface area contributed by atoms with Gasteiger partial charge in [0.05, 0.1) is 30.1 Å². The summed E-state index contributed by atoms with van der Waals surface area (Å²) in [4.78, 5) is 18.6. The molecule has 0 heterocycles. The molecule has 3 saturated carbocycles. The average molecular weight is 436 g/mol. The van der Waals surface area contributed by atoms with E-state index in [-0.39, 0.29) is 23.5 Å². The summed E-state index contributed by atoms with van der Waals surface area (Å²) in [7, 11) is 1.62. The summed E-state index contributed by atoms with van der Waals surface area (Å²) in [6.45, 7) is 7.00. The largest absolute Gasteiger partial charge is 0.393 e. The van der Waals surface area contributed by atoms with Crippen LogP contribution in [0.3, 0.4) is 0 Å². The molecule has 174 valence electrons. The number of allylic oxidation sites excluding steroid dienone is 1. The standard InChI is InChI=1S/C24H37NO6/c1-14(25-31-10-9-30-4)15-6-8-24(29)17-11-19(26)18-12-20(27)21(28)13-22(18,2)16(17)5-7-23(15,24)3/h11,15-16,18,20-21,27-29H,5-10,12-13H2,1-4H3/t15-,16?,18+,20-,21+,22-,23-,24-/m1/s1. The number of fused-ring (bicyclic) bond motifs is 5. The first kappa shape index (κ1) is 22.9. The lowest BCUT2D eigenvalue weighted by Gasteiger charge is -2.59. The fourth-order valence-corrected chi connectivity index (χ4v) is 7.37. The van der Waals surface area contributed by atoms with Crippen LogP contribution in [0, 0.1) is 28.6 Å². The van der Waals surface area contributed by atoms with Crippen molar-refractivity contribution in [3.63, 3.8) is 0 Å². The molecule has 0 spiro atoms. The maximum atomic E-state index is 13.2. The molecular weight excluding hydrogens is 398 g/mol. The second-order valence-electron chi connectivity index (χ2n) is 10.7. The van der Waals surface area contributed by atoms with E-state index in [2.05, 4.69) is 19.0 Å². The van der Waals surface area contributed by atoms with Gasteiger partial charge in [-0.05, 0) is 68.4 Å². The average Bonchev–Trinajstić information content (AvgIpc) is 2.99. The van der Waals surface area contributed by atoms with Crippen LogP contribution in [-0.2, 0) is 14.4 Å². The fourth-order valence-electron chi connectivity index (χ4n) is 7.37. The number of hydrogen-bond acceptors (Lipinski definition) is 7. The first-order chi connectivity index (χ1) is 14.6. The third-order valence-electron chi connectivity index (χ3n) is 9.21. The molecule has 4 aliphatic rings. The minimum absolute atomic E-state index is 0.0193. The van der Waals surface area contributed by atoms with E-state index in [4.69, 9.17) is 9.57 Å². The zero-order chi connectivity index (χ0) is 22.6. The number of aliphatic hydroxyl groups excluding tert-OH is 2. The van der Waals surface area contributed by atoms with Crippen LogP contribution < -0.4 is 0 Å². The Bertz CT molecular complexity index is 795. The number of aliphatic hydroxyl groups is 3. The van der Waals surface area contributed by atoms with Gasteiger partial charge in [-0.25, -0.2) is 0 Å². The molecule has 3 fully saturated rings. The summed E-state index contributed by atoms with van der Waals surface area (Å²) in [5, 5.41) is 37.0. The molecule has 4 rings (SSSR count). The van der Waals surface area contributed by atoms with Crippen molar-refractivity contribution in [3.8, 4) is 0 Å². The molecular formula is C24H37NO6. The van der Waals surface area contributed by atoms with E-state index in [0.717, 1.165) is 30.5 Å². The summed E-state index contributed by atoms with van der Waals surface area (Å²) < 4.78 is 5.00. The Morgan fingerprint density at radius 1 is 1.16 bits per heavy atom. The zero-order valence-electron chi connectivity index (χ0n) is 19.1. The van der Waals surface area contributed by atoms with E-state index in [1.54, 1.807) is 13.2 Å². The number of rotatable bonds is 5. The van der Waals surface area contributed by atoms with E-state index < -0.39 is 28.6 Å². The van der Waals surface area contributed by atoms with Gasteiger partial charge in [0.2, 0.25) is 0 Å². The summed E-state index contributed by atoms with van der Waals surface area (Å²) in [5.74, 6) is -0.220. The number of ketones is 1. The van der Waals surface area contributed by atoms with Gasteiger partial charge in [0.25, 0.3) is 0 Å². The second kappa shape index (κ2) is 7.94. The number of ether oxygens (including phenoxy) is 1. The minimum atomic E-state index is -1.07. The van der Waals surface area contributed by atoms with Crippen molar-refractivity contribution in [2.45, 2.75) is 77.1 Å². The van der Waals surface area contributed by atoms with Gasteiger partial charge in [0.1, 0.15) is 6.61 Å². The Kier molecular flexibility index (Phi) is 5.86. The number of oxime groups is 1. The lowest BCUT2D eigenvalue weighted by atomic mass is 9.46. The molecule has 7 heteroatoms. The molecule has 4 aliphatic carbocycles. The highest BCUT2D eigenvalue weighted by atomic mass is 16.6. The van der Waals surface area contributed by atoms with Gasteiger partial charge < -0.3 is 24.9 Å². The summed E-state index contributed by atoms with van der Waals surface area (Å²) in [5.41, 5.74) is -0.236. The highest BCUT2D eigenvalue weighted by Crippen LogP contribution is 2.67. The van der Waals surface area contributed by atoms with Crippen LogP contribution in [0.15, 0.2) is 16.8 Å². The minimum Gasteiger partial charge on any atom is -0.393 e. The monoisotopic (exact) mass is 435 g/mol. The van der Waals surface area contributed by atoms with Gasteiger partial charge in [0.15, 0.2) is 5.78 Å². The molecule has 0 saturated heterocycles. The summed E-state index contributed by atoms with van der Waals surface area (Å²) in [6.07, 6.45) is 3.71. The molecule has 7 nitrogen and oxygen atoms in total. The van der Waals surface area contributed by atoms with Crippen LogP contribution in [-0.4, -0.2) is 64.9 Å². The summed E-state index contributed by atoms with van der Waals surface area (Å²) >= 11 is 0. The Balaban J connectivity index is 1.65. The fraction of sp³-hybridized carbons (Fsp3) is 0.833. The zero-order valence-corrected chi connectivity index (χ0v) is 19.1. The predicted octanol–water partition coefficient (Wildman–Crippen LogP) is 2.23. The second-order valence-corrected chi connectivity index (χ2v) is 10.7. The van der Waals surface area contributed by atoms with E-state index in [1.807, 2.05) is 6.92 Å². The lowest BCUT2D eigenvalue weighted by molar-refractivity contribution is -0.151. The first-order valence-corrected chi connectivity index (χ1v) is 11.6. The number of carbonyl (C=O) groups excluding carboxylic acids is 1. The van der Waals surface area contributed by atoms with E-state index in [0.29, 0.717) is 32.5 Å². The topological polar surface area (TPSA) is 109 Å². The van der Waals surface area contributed by atoms with E-state index in [1.165, 1.54) is 0 Å². The van der Waals surface area contributed by atoms with Crippen LogP contribution in [0.4, 0.5) is 0 Å². The molecule has 3 N–H and O–H groups in total. The molecule has 0 aromatic rings. The van der Waals surface area contributed by atoms with Gasteiger partial charge >= 0.3 is 0 Å². The summed E-state index contributed by atoms with van der Waals surface area (Å²) in [6, 6.07) is 0. The van der Waals surface area contributed by atoms with Crippen molar-refractivity contribution < 1.29 is 29.7 Å². The maximum absolute atomic E-state index is 13.2. The Morgan fingerprint density at radius 3 is 2.61 bits per heavy atom. The molecule has 0 amide bonds. The van der Waals surface area contributed by atoms with Gasteiger partial charge in [-0.2, -0.15) is 0 Å². The molecule has 31 heavy (non-hydrogen) atoms. The van der Waals surface area contributed by atoms with Crippen molar-refractivity contribution in [3.05, 3.63) is 11.6 Å². The molecule has 0 aromatic heterocycles. The van der Waals surface area contributed by atoms with Gasteiger partial charge in [-0.15, -0.1) is 0 Å². The van der Waals surface area contributed by atoms with Crippen molar-refractivity contribution in [2.24, 2.45) is 33.7 Å². The highest BCUT2D eigenvalue weighted by Gasteiger charge is 2.66. The molecule has 1 unspecified atom stereocenters. The van der Waals surface area contributed by atoms with Crippen LogP contribution in [0.5, 0.6) is 0 Å². The molecule has 8 atom stereocenters. The first-order valence-electron chi connectivity index (χ1n) is 11.6. The third-order valence-corrected chi connectivity index (χ3v) is 9.21. The van der Waals surface area contributed by atoms with Gasteiger partial charge in [-0.1, -0.05) is 19.0 Å². The third kappa shape index (κ3) is 3.31.